The largest absolute Gasteiger partial charge is 0.390 e. The number of aliphatic hydroxyl groups is 1. The first-order valence-corrected chi connectivity index (χ1v) is 5.42. The van der Waals surface area contributed by atoms with E-state index in [1.54, 1.807) is 0 Å². The predicted molar refractivity (Wildman–Crippen MR) is 64.0 cm³/mol. The zero-order valence-electron chi connectivity index (χ0n) is 9.24. The maximum absolute atomic E-state index is 9.04. The molecule has 0 fully saturated rings. The van der Waals surface area contributed by atoms with Gasteiger partial charge in [-0.05, 0) is 43.7 Å². The first-order chi connectivity index (χ1) is 7.61. The number of aromatic nitrogens is 2. The Labute approximate surface area is 99.3 Å². The fourth-order valence-electron chi connectivity index (χ4n) is 1.72. The smallest absolute Gasteiger partial charge is 0.0886 e. The molecule has 0 spiro atoms. The highest BCUT2D eigenvalue weighted by Crippen LogP contribution is 2.20. The fraction of sp³-hybridized carbons (Fsp3) is 0.250. The molecule has 84 valence electrons. The van der Waals surface area contributed by atoms with E-state index in [9.17, 15) is 0 Å². The summed E-state index contributed by atoms with van der Waals surface area (Å²) in [5.74, 6) is 0. The minimum atomic E-state index is -0.0412. The molecule has 16 heavy (non-hydrogen) atoms. The van der Waals surface area contributed by atoms with E-state index in [1.807, 2.05) is 42.8 Å². The summed E-state index contributed by atoms with van der Waals surface area (Å²) in [6.45, 7) is 3.90. The van der Waals surface area contributed by atoms with Crippen LogP contribution in [0.25, 0.3) is 5.69 Å². The number of hydrogen-bond donors (Lipinski definition) is 1. The van der Waals surface area contributed by atoms with Gasteiger partial charge in [0.2, 0.25) is 0 Å². The number of aryl methyl sites for hydroxylation is 2. The molecule has 1 N–H and O–H groups in total. The maximum Gasteiger partial charge on any atom is 0.0886 e. The molecular weight excluding hydrogens is 224 g/mol. The molecular formula is C12H13ClN2O. The molecule has 0 aliphatic carbocycles. The fourth-order valence-corrected chi connectivity index (χ4v) is 1.94. The van der Waals surface area contributed by atoms with E-state index in [0.717, 1.165) is 16.9 Å². The van der Waals surface area contributed by atoms with Crippen molar-refractivity contribution < 1.29 is 5.11 Å². The molecule has 4 heteroatoms. The van der Waals surface area contributed by atoms with E-state index >= 15 is 0 Å². The predicted octanol–water partition coefficient (Wildman–Crippen LogP) is 2.63. The Kier molecular flexibility index (Phi) is 2.99. The Morgan fingerprint density at radius 3 is 2.62 bits per heavy atom. The van der Waals surface area contributed by atoms with Crippen LogP contribution in [0.2, 0.25) is 5.02 Å². The molecule has 0 saturated heterocycles. The summed E-state index contributed by atoms with van der Waals surface area (Å²) in [6.07, 6.45) is 0. The van der Waals surface area contributed by atoms with Gasteiger partial charge in [0, 0.05) is 10.7 Å². The number of benzene rings is 1. The van der Waals surface area contributed by atoms with Crippen molar-refractivity contribution in [3.63, 3.8) is 0 Å². The molecule has 1 aromatic carbocycles. The molecule has 0 saturated carbocycles. The van der Waals surface area contributed by atoms with Gasteiger partial charge < -0.3 is 5.11 Å². The monoisotopic (exact) mass is 236 g/mol. The average Bonchev–Trinajstić information content (AvgIpc) is 2.60. The second-order valence-corrected chi connectivity index (χ2v) is 4.21. The number of halogens is 1. The molecule has 1 heterocycles. The Balaban J connectivity index is 2.53. The topological polar surface area (TPSA) is 38.0 Å². The maximum atomic E-state index is 9.04. The van der Waals surface area contributed by atoms with Gasteiger partial charge in [0.15, 0.2) is 0 Å². The lowest BCUT2D eigenvalue weighted by Gasteiger charge is -2.08. The van der Waals surface area contributed by atoms with Crippen molar-refractivity contribution in [1.82, 2.24) is 9.78 Å². The minimum Gasteiger partial charge on any atom is -0.390 e. The van der Waals surface area contributed by atoms with E-state index in [-0.39, 0.29) is 6.61 Å². The zero-order chi connectivity index (χ0) is 11.7. The van der Waals surface area contributed by atoms with E-state index in [2.05, 4.69) is 5.10 Å². The van der Waals surface area contributed by atoms with Crippen LogP contribution in [0.1, 0.15) is 17.0 Å². The lowest BCUT2D eigenvalue weighted by molar-refractivity contribution is 0.276. The van der Waals surface area contributed by atoms with Crippen LogP contribution in [0.3, 0.4) is 0 Å². The first-order valence-electron chi connectivity index (χ1n) is 5.04. The van der Waals surface area contributed by atoms with Crippen molar-refractivity contribution in [3.05, 3.63) is 46.2 Å². The second-order valence-electron chi connectivity index (χ2n) is 3.78. The van der Waals surface area contributed by atoms with Crippen LogP contribution >= 0.6 is 11.6 Å². The summed E-state index contributed by atoms with van der Waals surface area (Å²) in [5, 5.41) is 14.1. The van der Waals surface area contributed by atoms with E-state index in [4.69, 9.17) is 16.7 Å². The van der Waals surface area contributed by atoms with Gasteiger partial charge in [0.25, 0.3) is 0 Å². The Bertz CT molecular complexity index is 520. The van der Waals surface area contributed by atoms with Crippen LogP contribution in [-0.2, 0) is 6.61 Å². The highest BCUT2D eigenvalue weighted by molar-refractivity contribution is 6.30. The van der Waals surface area contributed by atoms with Gasteiger partial charge >= 0.3 is 0 Å². The van der Waals surface area contributed by atoms with Crippen LogP contribution in [0.5, 0.6) is 0 Å². The molecule has 0 amide bonds. The van der Waals surface area contributed by atoms with Crippen LogP contribution in [0, 0.1) is 13.8 Å². The molecule has 0 unspecified atom stereocenters. The van der Waals surface area contributed by atoms with Crippen LogP contribution < -0.4 is 0 Å². The summed E-state index contributed by atoms with van der Waals surface area (Å²) >= 11 is 5.91. The van der Waals surface area contributed by atoms with Crippen molar-refractivity contribution in [3.8, 4) is 5.69 Å². The molecule has 0 bridgehead atoms. The Morgan fingerprint density at radius 2 is 2.06 bits per heavy atom. The number of aliphatic hydroxyl groups excluding tert-OH is 1. The molecule has 0 atom stereocenters. The summed E-state index contributed by atoms with van der Waals surface area (Å²) in [7, 11) is 0. The van der Waals surface area contributed by atoms with Gasteiger partial charge in [-0.1, -0.05) is 11.6 Å². The Morgan fingerprint density at radius 1 is 1.31 bits per heavy atom. The summed E-state index contributed by atoms with van der Waals surface area (Å²) in [4.78, 5) is 0. The molecule has 3 nitrogen and oxygen atoms in total. The number of rotatable bonds is 2. The number of hydrogen-bond acceptors (Lipinski definition) is 2. The number of nitrogens with zero attached hydrogens (tertiary/aromatic N) is 2. The van der Waals surface area contributed by atoms with Gasteiger partial charge in [-0.25, -0.2) is 4.68 Å². The second kappa shape index (κ2) is 4.28. The third-order valence-electron chi connectivity index (χ3n) is 2.49. The molecule has 2 rings (SSSR count). The summed E-state index contributed by atoms with van der Waals surface area (Å²) in [6, 6.07) is 7.53. The third-order valence-corrected chi connectivity index (χ3v) is 2.72. The normalized spacial score (nSPS) is 10.8. The summed E-state index contributed by atoms with van der Waals surface area (Å²) < 4.78 is 1.82. The molecule has 0 radical (unpaired) electrons. The van der Waals surface area contributed by atoms with Crippen molar-refractivity contribution in [2.24, 2.45) is 0 Å². The molecule has 0 aliphatic rings. The quantitative estimate of drug-likeness (QED) is 0.871. The van der Waals surface area contributed by atoms with Gasteiger partial charge in [0.1, 0.15) is 0 Å². The van der Waals surface area contributed by atoms with Gasteiger partial charge in [-0.15, -0.1) is 0 Å². The van der Waals surface area contributed by atoms with E-state index in [1.165, 1.54) is 0 Å². The van der Waals surface area contributed by atoms with Crippen LogP contribution in [0.4, 0.5) is 0 Å². The van der Waals surface area contributed by atoms with Gasteiger partial charge in [0.05, 0.1) is 18.0 Å². The van der Waals surface area contributed by atoms with Crippen LogP contribution in [-0.4, -0.2) is 14.9 Å². The molecule has 0 aliphatic heterocycles. The highest BCUT2D eigenvalue weighted by atomic mass is 35.5. The van der Waals surface area contributed by atoms with Crippen molar-refractivity contribution >= 4 is 11.6 Å². The lowest BCUT2D eigenvalue weighted by Crippen LogP contribution is -2.01. The highest BCUT2D eigenvalue weighted by Gasteiger charge is 2.07. The van der Waals surface area contributed by atoms with Gasteiger partial charge in [-0.2, -0.15) is 5.10 Å². The van der Waals surface area contributed by atoms with E-state index in [0.29, 0.717) is 10.7 Å². The minimum absolute atomic E-state index is 0.0412. The molecule has 2 aromatic rings. The Hall–Kier alpha value is -1.32. The van der Waals surface area contributed by atoms with Crippen molar-refractivity contribution in [2.45, 2.75) is 20.5 Å². The standard InChI is InChI=1S/C12H13ClN2O/c1-8-5-10(13)3-4-12(8)15-9(2)6-11(7-16)14-15/h3-6,16H,7H2,1-2H3. The van der Waals surface area contributed by atoms with E-state index < -0.39 is 0 Å². The lowest BCUT2D eigenvalue weighted by atomic mass is 10.2. The van der Waals surface area contributed by atoms with Crippen molar-refractivity contribution in [2.75, 3.05) is 0 Å². The average molecular weight is 237 g/mol. The first kappa shape index (κ1) is 11.2. The molecule has 1 aromatic heterocycles. The SMILES string of the molecule is Cc1cc(Cl)ccc1-n1nc(CO)cc1C. The summed E-state index contributed by atoms with van der Waals surface area (Å²) in [5.41, 5.74) is 3.71. The van der Waals surface area contributed by atoms with Gasteiger partial charge in [-0.3, -0.25) is 0 Å². The van der Waals surface area contributed by atoms with Crippen molar-refractivity contribution in [1.29, 1.82) is 0 Å². The third kappa shape index (κ3) is 1.96. The zero-order valence-corrected chi connectivity index (χ0v) is 9.99. The van der Waals surface area contributed by atoms with Crippen LogP contribution in [0.15, 0.2) is 24.3 Å².